The van der Waals surface area contributed by atoms with E-state index in [2.05, 4.69) is 5.32 Å². The molecule has 1 aliphatic rings. The maximum atomic E-state index is 13.1. The molecule has 90 valence electrons. The summed E-state index contributed by atoms with van der Waals surface area (Å²) in [6.07, 6.45) is 0. The lowest BCUT2D eigenvalue weighted by Gasteiger charge is -2.22. The number of carboxylic acids is 1. The van der Waals surface area contributed by atoms with E-state index in [-0.39, 0.29) is 5.56 Å². The molecule has 2 aromatic rings. The molecular formula is C13H8FNO3. The topological polar surface area (TPSA) is 58.6 Å². The van der Waals surface area contributed by atoms with E-state index in [1.165, 1.54) is 24.3 Å². The van der Waals surface area contributed by atoms with E-state index in [9.17, 15) is 9.18 Å². The first-order valence-electron chi connectivity index (χ1n) is 5.26. The second-order valence-corrected chi connectivity index (χ2v) is 3.85. The fourth-order valence-corrected chi connectivity index (χ4v) is 1.87. The van der Waals surface area contributed by atoms with Crippen LogP contribution in [0.1, 0.15) is 10.4 Å². The van der Waals surface area contributed by atoms with Crippen LogP contribution < -0.4 is 10.1 Å². The minimum Gasteiger partial charge on any atom is -0.478 e. The Morgan fingerprint density at radius 3 is 2.83 bits per heavy atom. The molecule has 2 N–H and O–H groups in total. The normalized spacial score (nSPS) is 11.8. The maximum Gasteiger partial charge on any atom is 0.337 e. The highest BCUT2D eigenvalue weighted by Crippen LogP contribution is 2.43. The number of halogens is 1. The molecule has 0 amide bonds. The van der Waals surface area contributed by atoms with E-state index in [4.69, 9.17) is 9.84 Å². The number of hydrogen-bond acceptors (Lipinski definition) is 3. The molecule has 0 saturated carbocycles. The van der Waals surface area contributed by atoms with Gasteiger partial charge >= 0.3 is 5.97 Å². The summed E-state index contributed by atoms with van der Waals surface area (Å²) in [5, 5.41) is 12.0. The molecule has 0 spiro atoms. The summed E-state index contributed by atoms with van der Waals surface area (Å²) < 4.78 is 18.6. The summed E-state index contributed by atoms with van der Waals surface area (Å²) >= 11 is 0. The molecule has 0 bridgehead atoms. The van der Waals surface area contributed by atoms with Gasteiger partial charge in [0.05, 0.1) is 16.9 Å². The molecule has 3 rings (SSSR count). The average molecular weight is 245 g/mol. The molecule has 0 atom stereocenters. The first-order chi connectivity index (χ1) is 8.65. The van der Waals surface area contributed by atoms with Gasteiger partial charge in [-0.15, -0.1) is 0 Å². The van der Waals surface area contributed by atoms with Crippen LogP contribution in [0, 0.1) is 5.82 Å². The van der Waals surface area contributed by atoms with Crippen LogP contribution in [0.3, 0.4) is 0 Å². The molecule has 18 heavy (non-hydrogen) atoms. The standard InChI is InChI=1S/C13H8FNO3/c14-7-4-5-10-9(6-7)15-12-8(13(16)17)2-1-3-11(12)18-10/h1-6,15H,(H,16,17). The van der Waals surface area contributed by atoms with Gasteiger partial charge < -0.3 is 15.2 Å². The van der Waals surface area contributed by atoms with Crippen molar-refractivity contribution >= 4 is 17.3 Å². The SMILES string of the molecule is O=C(O)c1cccc2c1Nc1cc(F)ccc1O2. The van der Waals surface area contributed by atoms with Crippen molar-refractivity contribution in [3.8, 4) is 11.5 Å². The number of benzene rings is 2. The van der Waals surface area contributed by atoms with Crippen molar-refractivity contribution in [3.05, 3.63) is 47.8 Å². The lowest BCUT2D eigenvalue weighted by molar-refractivity contribution is 0.0697. The van der Waals surface area contributed by atoms with E-state index in [1.54, 1.807) is 12.1 Å². The number of carbonyl (C=O) groups is 1. The molecule has 0 unspecified atom stereocenters. The zero-order valence-electron chi connectivity index (χ0n) is 9.11. The predicted octanol–water partition coefficient (Wildman–Crippen LogP) is 3.37. The van der Waals surface area contributed by atoms with Crippen molar-refractivity contribution in [3.63, 3.8) is 0 Å². The number of aromatic carboxylic acids is 1. The fraction of sp³-hybridized carbons (Fsp3) is 0. The van der Waals surface area contributed by atoms with Gasteiger partial charge in [-0.05, 0) is 24.3 Å². The molecule has 0 radical (unpaired) electrons. The van der Waals surface area contributed by atoms with E-state index >= 15 is 0 Å². The molecule has 2 aromatic carbocycles. The first-order valence-corrected chi connectivity index (χ1v) is 5.26. The van der Waals surface area contributed by atoms with Gasteiger partial charge in [-0.2, -0.15) is 0 Å². The number of hydrogen-bond donors (Lipinski definition) is 2. The smallest absolute Gasteiger partial charge is 0.337 e. The zero-order valence-corrected chi connectivity index (χ0v) is 9.11. The molecular weight excluding hydrogens is 237 g/mol. The molecule has 0 saturated heterocycles. The predicted molar refractivity (Wildman–Crippen MR) is 63.2 cm³/mol. The largest absolute Gasteiger partial charge is 0.478 e. The Hall–Kier alpha value is -2.56. The highest BCUT2D eigenvalue weighted by atomic mass is 19.1. The van der Waals surface area contributed by atoms with E-state index in [1.807, 2.05) is 0 Å². The Balaban J connectivity index is 2.14. The number of nitrogens with one attached hydrogen (secondary N) is 1. The van der Waals surface area contributed by atoms with Crippen molar-refractivity contribution in [2.24, 2.45) is 0 Å². The number of anilines is 2. The molecule has 4 nitrogen and oxygen atoms in total. The van der Waals surface area contributed by atoms with E-state index in [0.717, 1.165) is 0 Å². The van der Waals surface area contributed by atoms with Crippen LogP contribution in [0.2, 0.25) is 0 Å². The number of rotatable bonds is 1. The summed E-state index contributed by atoms with van der Waals surface area (Å²) in [5.74, 6) is -0.607. The first kappa shape index (κ1) is 10.6. The third-order valence-electron chi connectivity index (χ3n) is 2.68. The molecule has 1 aliphatic heterocycles. The van der Waals surface area contributed by atoms with Gasteiger partial charge in [0.1, 0.15) is 5.82 Å². The van der Waals surface area contributed by atoms with Gasteiger partial charge in [0.25, 0.3) is 0 Å². The van der Waals surface area contributed by atoms with Crippen LogP contribution >= 0.6 is 0 Å². The zero-order chi connectivity index (χ0) is 12.7. The summed E-state index contributed by atoms with van der Waals surface area (Å²) in [6, 6.07) is 8.75. The molecule has 0 aliphatic carbocycles. The third-order valence-corrected chi connectivity index (χ3v) is 2.68. The third kappa shape index (κ3) is 1.57. The average Bonchev–Trinajstić information content (AvgIpc) is 2.35. The Labute approximate surface area is 102 Å². The van der Waals surface area contributed by atoms with Crippen molar-refractivity contribution in [2.75, 3.05) is 5.32 Å². The maximum absolute atomic E-state index is 13.1. The number of carboxylic acid groups (broad SMARTS) is 1. The Morgan fingerprint density at radius 1 is 1.22 bits per heavy atom. The Bertz CT molecular complexity index is 655. The van der Waals surface area contributed by atoms with Crippen LogP contribution in [-0.2, 0) is 0 Å². The fourth-order valence-electron chi connectivity index (χ4n) is 1.87. The minimum absolute atomic E-state index is 0.0856. The monoisotopic (exact) mass is 245 g/mol. The second-order valence-electron chi connectivity index (χ2n) is 3.85. The van der Waals surface area contributed by atoms with Gasteiger partial charge in [-0.1, -0.05) is 6.07 Å². The quantitative estimate of drug-likeness (QED) is 0.690. The van der Waals surface area contributed by atoms with Crippen LogP contribution in [0.5, 0.6) is 11.5 Å². The summed E-state index contributed by atoms with van der Waals surface area (Å²) in [4.78, 5) is 11.1. The summed E-state index contributed by atoms with van der Waals surface area (Å²) in [7, 11) is 0. The summed E-state index contributed by atoms with van der Waals surface area (Å²) in [6.45, 7) is 0. The van der Waals surface area contributed by atoms with Gasteiger partial charge in [0.2, 0.25) is 0 Å². The number of para-hydroxylation sites is 1. The molecule has 0 fully saturated rings. The second kappa shape index (κ2) is 3.73. The van der Waals surface area contributed by atoms with Crippen molar-refractivity contribution in [2.45, 2.75) is 0 Å². The van der Waals surface area contributed by atoms with Crippen molar-refractivity contribution in [1.29, 1.82) is 0 Å². The van der Waals surface area contributed by atoms with Crippen molar-refractivity contribution < 1.29 is 19.0 Å². The van der Waals surface area contributed by atoms with E-state index < -0.39 is 11.8 Å². The number of fused-ring (bicyclic) bond motifs is 2. The van der Waals surface area contributed by atoms with Gasteiger partial charge in [-0.25, -0.2) is 9.18 Å². The Morgan fingerprint density at radius 2 is 2.06 bits per heavy atom. The highest BCUT2D eigenvalue weighted by Gasteiger charge is 2.22. The minimum atomic E-state index is -1.07. The molecule has 0 aromatic heterocycles. The van der Waals surface area contributed by atoms with Crippen LogP contribution in [0.4, 0.5) is 15.8 Å². The lowest BCUT2D eigenvalue weighted by atomic mass is 10.1. The van der Waals surface area contributed by atoms with Gasteiger partial charge in [0, 0.05) is 6.07 Å². The lowest BCUT2D eigenvalue weighted by Crippen LogP contribution is -2.08. The van der Waals surface area contributed by atoms with Crippen molar-refractivity contribution in [1.82, 2.24) is 0 Å². The van der Waals surface area contributed by atoms with Crippen LogP contribution in [-0.4, -0.2) is 11.1 Å². The van der Waals surface area contributed by atoms with Crippen LogP contribution in [0.25, 0.3) is 0 Å². The Kier molecular flexibility index (Phi) is 2.19. The van der Waals surface area contributed by atoms with Crippen LogP contribution in [0.15, 0.2) is 36.4 Å². The van der Waals surface area contributed by atoms with Gasteiger partial charge in [0.15, 0.2) is 11.5 Å². The molecule has 1 heterocycles. The van der Waals surface area contributed by atoms with E-state index in [0.29, 0.717) is 22.9 Å². The highest BCUT2D eigenvalue weighted by molar-refractivity contribution is 5.98. The number of ether oxygens (including phenoxy) is 1. The van der Waals surface area contributed by atoms with Gasteiger partial charge in [-0.3, -0.25) is 0 Å². The summed E-state index contributed by atoms with van der Waals surface area (Å²) in [5.41, 5.74) is 0.835. The molecule has 5 heteroatoms.